The number of nitrogens with zero attached hydrogens (tertiary/aromatic N) is 3. The van der Waals surface area contributed by atoms with E-state index in [-0.39, 0.29) is 10.9 Å². The minimum Gasteiger partial charge on any atom is -0.456 e. The molecule has 5 aromatic rings. The molecule has 3 aliphatic rings. The largest absolute Gasteiger partial charge is 0.456 e. The van der Waals surface area contributed by atoms with Gasteiger partial charge < -0.3 is 28.8 Å². The molecule has 0 saturated carbocycles. The summed E-state index contributed by atoms with van der Waals surface area (Å²) in [6.45, 7) is 6.73. The number of aromatic nitrogens is 1. The lowest BCUT2D eigenvalue weighted by molar-refractivity contribution is 0.0948. The van der Waals surface area contributed by atoms with E-state index in [1.165, 1.54) is 6.07 Å². The second kappa shape index (κ2) is 9.59. The molecular formula is C33H31FN4O4. The normalized spacial score (nSPS) is 18.2. The molecule has 1 atom stereocenters. The molecule has 1 N–H and O–H groups in total. The molecule has 0 spiro atoms. The number of nitrogens with one attached hydrogen (secondary N) is 1. The number of amides is 1. The molecule has 2 fully saturated rings. The zero-order chi connectivity index (χ0) is 28.5. The van der Waals surface area contributed by atoms with E-state index in [2.05, 4.69) is 17.1 Å². The maximum atomic E-state index is 16.0. The lowest BCUT2D eigenvalue weighted by Crippen LogP contribution is -2.36. The van der Waals surface area contributed by atoms with Gasteiger partial charge in [-0.15, -0.1) is 0 Å². The quantitative estimate of drug-likeness (QED) is 0.284. The van der Waals surface area contributed by atoms with Gasteiger partial charge in [-0.1, -0.05) is 25.1 Å². The Hall–Kier alpha value is -4.37. The molecule has 2 saturated heterocycles. The van der Waals surface area contributed by atoms with Gasteiger partial charge in [0.2, 0.25) is 5.43 Å². The molecule has 0 unspecified atom stereocenters. The summed E-state index contributed by atoms with van der Waals surface area (Å²) in [5.41, 5.74) is 2.28. The molecule has 3 aliphatic heterocycles. The highest BCUT2D eigenvalue weighted by molar-refractivity contribution is 6.07. The van der Waals surface area contributed by atoms with Crippen LogP contribution in [0, 0.1) is 11.7 Å². The summed E-state index contributed by atoms with van der Waals surface area (Å²) >= 11 is 0. The van der Waals surface area contributed by atoms with Crippen LogP contribution >= 0.6 is 0 Å². The van der Waals surface area contributed by atoms with Crippen LogP contribution in [0.15, 0.2) is 57.9 Å². The number of pyridine rings is 1. The summed E-state index contributed by atoms with van der Waals surface area (Å²) in [6.07, 6.45) is 4.84. The van der Waals surface area contributed by atoms with Crippen molar-refractivity contribution < 1.29 is 18.3 Å². The van der Waals surface area contributed by atoms with Crippen LogP contribution in [0.5, 0.6) is 11.5 Å². The Morgan fingerprint density at radius 1 is 1.05 bits per heavy atom. The zero-order valence-electron chi connectivity index (χ0n) is 23.4. The number of halogens is 1. The number of fused-ring (bicyclic) bond motifs is 5. The average Bonchev–Trinajstić information content (AvgIpc) is 3.73. The molecule has 3 aromatic carbocycles. The smallest absolute Gasteiger partial charge is 0.256 e. The monoisotopic (exact) mass is 566 g/mol. The van der Waals surface area contributed by atoms with Crippen LogP contribution in [0.4, 0.5) is 10.1 Å². The Labute approximate surface area is 241 Å². The number of likely N-dealkylation sites (tertiary alicyclic amines) is 1. The van der Waals surface area contributed by atoms with Crippen molar-refractivity contribution in [2.24, 2.45) is 5.92 Å². The predicted molar refractivity (Wildman–Crippen MR) is 161 cm³/mol. The third-order valence-corrected chi connectivity index (χ3v) is 9.00. The number of benzene rings is 3. The van der Waals surface area contributed by atoms with Crippen LogP contribution in [0.1, 0.15) is 36.5 Å². The summed E-state index contributed by atoms with van der Waals surface area (Å²) in [4.78, 5) is 31.5. The second-order valence-electron chi connectivity index (χ2n) is 11.8. The predicted octanol–water partition coefficient (Wildman–Crippen LogP) is 5.81. The van der Waals surface area contributed by atoms with Crippen molar-refractivity contribution in [1.29, 1.82) is 0 Å². The SMILES string of the molecule is C[C@@H]1CCN(c2c(F)cc3c(=O)c(C(=O)NCCN4CCCC4)cn4c3c2Oc2cc3c(cc2-4)oc2ccccc23)C1. The summed E-state index contributed by atoms with van der Waals surface area (Å²) in [5, 5.41) is 4.85. The van der Waals surface area contributed by atoms with E-state index >= 15 is 4.39 Å². The van der Waals surface area contributed by atoms with Gasteiger partial charge in [-0.2, -0.15) is 0 Å². The van der Waals surface area contributed by atoms with Gasteiger partial charge in [0.15, 0.2) is 17.3 Å². The summed E-state index contributed by atoms with van der Waals surface area (Å²) in [5.74, 6) is 0.221. The topological polar surface area (TPSA) is 80.0 Å². The second-order valence-corrected chi connectivity index (χ2v) is 11.8. The molecular weight excluding hydrogens is 535 g/mol. The number of rotatable bonds is 5. The van der Waals surface area contributed by atoms with Crippen LogP contribution in [-0.4, -0.2) is 54.6 Å². The van der Waals surface area contributed by atoms with E-state index in [9.17, 15) is 9.59 Å². The van der Waals surface area contributed by atoms with Crippen LogP contribution in [0.2, 0.25) is 0 Å². The molecule has 5 heterocycles. The van der Waals surface area contributed by atoms with Gasteiger partial charge in [0.25, 0.3) is 5.91 Å². The standard InChI is InChI=1S/C33H31FN4O4/c1-19-8-12-37(17-19)30-24(34)14-22-29-32(30)42-28-15-21-20-6-2-3-7-26(20)41-27(21)16-25(28)38(29)18-23(31(22)39)33(40)35-9-13-36-10-4-5-11-36/h2-3,6-7,14-16,18-19H,4-5,8-13,17H2,1H3,(H,35,40)/t19-/m1/s1. The van der Waals surface area contributed by atoms with Crippen molar-refractivity contribution in [1.82, 2.24) is 14.8 Å². The molecule has 42 heavy (non-hydrogen) atoms. The summed E-state index contributed by atoms with van der Waals surface area (Å²) in [6, 6.07) is 12.8. The van der Waals surface area contributed by atoms with E-state index in [1.54, 1.807) is 10.8 Å². The van der Waals surface area contributed by atoms with Crippen molar-refractivity contribution in [2.45, 2.75) is 26.2 Å². The molecule has 9 heteroatoms. The van der Waals surface area contributed by atoms with Gasteiger partial charge in [-0.3, -0.25) is 9.59 Å². The number of hydrogen-bond acceptors (Lipinski definition) is 6. The number of carbonyl (C=O) groups is 1. The first kappa shape index (κ1) is 25.3. The maximum Gasteiger partial charge on any atom is 0.256 e. The van der Waals surface area contributed by atoms with Crippen LogP contribution in [-0.2, 0) is 0 Å². The third-order valence-electron chi connectivity index (χ3n) is 9.00. The van der Waals surface area contributed by atoms with Gasteiger partial charge >= 0.3 is 0 Å². The van der Waals surface area contributed by atoms with E-state index in [0.29, 0.717) is 59.5 Å². The lowest BCUT2D eigenvalue weighted by atomic mass is 10.0. The molecule has 0 radical (unpaired) electrons. The van der Waals surface area contributed by atoms with E-state index in [4.69, 9.17) is 9.15 Å². The van der Waals surface area contributed by atoms with Crippen molar-refractivity contribution in [3.05, 3.63) is 70.3 Å². The number of para-hydroxylation sites is 1. The van der Waals surface area contributed by atoms with Crippen molar-refractivity contribution in [2.75, 3.05) is 44.2 Å². The Bertz CT molecular complexity index is 1970. The van der Waals surface area contributed by atoms with Crippen molar-refractivity contribution in [3.8, 4) is 17.2 Å². The first-order valence-electron chi connectivity index (χ1n) is 14.8. The number of carbonyl (C=O) groups excluding carboxylic acids is 1. The fourth-order valence-electron chi connectivity index (χ4n) is 6.85. The minimum absolute atomic E-state index is 0.0330. The summed E-state index contributed by atoms with van der Waals surface area (Å²) < 4.78 is 30.5. The highest BCUT2D eigenvalue weighted by atomic mass is 19.1. The van der Waals surface area contributed by atoms with Crippen LogP contribution in [0.3, 0.4) is 0 Å². The van der Waals surface area contributed by atoms with Crippen molar-refractivity contribution in [3.63, 3.8) is 0 Å². The number of furan rings is 1. The molecule has 0 aliphatic carbocycles. The molecule has 1 amide bonds. The Morgan fingerprint density at radius 2 is 1.88 bits per heavy atom. The summed E-state index contributed by atoms with van der Waals surface area (Å²) in [7, 11) is 0. The van der Waals surface area contributed by atoms with Gasteiger partial charge in [-0.25, -0.2) is 4.39 Å². The Kier molecular flexibility index (Phi) is 5.79. The van der Waals surface area contributed by atoms with E-state index in [1.807, 2.05) is 41.3 Å². The fourth-order valence-corrected chi connectivity index (χ4v) is 6.85. The lowest BCUT2D eigenvalue weighted by Gasteiger charge is -2.29. The van der Waals surface area contributed by atoms with Gasteiger partial charge in [0.05, 0.1) is 11.1 Å². The minimum atomic E-state index is -0.528. The first-order chi connectivity index (χ1) is 20.5. The van der Waals surface area contributed by atoms with E-state index in [0.717, 1.165) is 55.3 Å². The molecule has 2 aromatic heterocycles. The highest BCUT2D eigenvalue weighted by Crippen LogP contribution is 2.49. The van der Waals surface area contributed by atoms with Crippen LogP contribution < -0.4 is 20.4 Å². The van der Waals surface area contributed by atoms with Crippen LogP contribution in [0.25, 0.3) is 38.5 Å². The van der Waals surface area contributed by atoms with Crippen molar-refractivity contribution >= 4 is 44.4 Å². The molecule has 8 rings (SSSR count). The first-order valence-corrected chi connectivity index (χ1v) is 14.8. The van der Waals surface area contributed by atoms with Gasteiger partial charge in [0.1, 0.15) is 27.9 Å². The number of anilines is 1. The third kappa shape index (κ3) is 3.90. The maximum absolute atomic E-state index is 16.0. The fraction of sp³-hybridized carbons (Fsp3) is 0.333. The molecule has 214 valence electrons. The molecule has 8 nitrogen and oxygen atoms in total. The number of hydrogen-bond donors (Lipinski definition) is 1. The van der Waals surface area contributed by atoms with E-state index < -0.39 is 17.2 Å². The molecule has 0 bridgehead atoms. The Morgan fingerprint density at radius 3 is 2.69 bits per heavy atom. The van der Waals surface area contributed by atoms with Gasteiger partial charge in [-0.05, 0) is 56.5 Å². The average molecular weight is 567 g/mol. The number of ether oxygens (including phenoxy) is 1. The Balaban J connectivity index is 1.32. The highest BCUT2D eigenvalue weighted by Gasteiger charge is 2.33. The van der Waals surface area contributed by atoms with Gasteiger partial charge in [0, 0.05) is 49.2 Å². The zero-order valence-corrected chi connectivity index (χ0v) is 23.4.